The average molecular weight is 255 g/mol. The van der Waals surface area contributed by atoms with Crippen molar-refractivity contribution in [3.05, 3.63) is 75.3 Å². The van der Waals surface area contributed by atoms with Crippen molar-refractivity contribution in [2.45, 2.75) is 13.3 Å². The second-order valence-corrected chi connectivity index (χ2v) is 4.34. The molecule has 0 aliphatic rings. The van der Waals surface area contributed by atoms with Crippen molar-refractivity contribution in [2.75, 3.05) is 0 Å². The fraction of sp³-hybridized carbons (Fsp3) is 0.133. The lowest BCUT2D eigenvalue weighted by Gasteiger charge is -2.03. The van der Waals surface area contributed by atoms with Gasteiger partial charge >= 0.3 is 0 Å². The summed E-state index contributed by atoms with van der Waals surface area (Å²) in [5, 5.41) is 10.7. The smallest absolute Gasteiger partial charge is 0.272 e. The molecule has 0 aromatic heterocycles. The molecule has 0 bridgehead atoms. The molecule has 0 fully saturated rings. The predicted molar refractivity (Wildman–Crippen MR) is 72.3 cm³/mol. The predicted octanol–water partition coefficient (Wildman–Crippen LogP) is 3.33. The summed E-state index contributed by atoms with van der Waals surface area (Å²) in [5.74, 6) is 0.00820. The molecule has 0 unspecified atom stereocenters. The van der Waals surface area contributed by atoms with Gasteiger partial charge in [0.25, 0.3) is 5.69 Å². The highest BCUT2D eigenvalue weighted by molar-refractivity contribution is 5.97. The maximum atomic E-state index is 12.0. The summed E-state index contributed by atoms with van der Waals surface area (Å²) in [6.07, 6.45) is 0.253. The molecule has 4 heteroatoms. The van der Waals surface area contributed by atoms with Gasteiger partial charge in [-0.2, -0.15) is 0 Å². The second kappa shape index (κ2) is 5.44. The van der Waals surface area contributed by atoms with E-state index in [4.69, 9.17) is 0 Å². The van der Waals surface area contributed by atoms with Crippen LogP contribution in [0.15, 0.2) is 48.5 Å². The zero-order valence-corrected chi connectivity index (χ0v) is 10.5. The molecule has 2 rings (SSSR count). The van der Waals surface area contributed by atoms with Gasteiger partial charge in [-0.3, -0.25) is 14.9 Å². The molecule has 0 heterocycles. The number of benzene rings is 2. The van der Waals surface area contributed by atoms with E-state index < -0.39 is 4.92 Å². The Morgan fingerprint density at radius 2 is 1.84 bits per heavy atom. The zero-order chi connectivity index (χ0) is 13.8. The largest absolute Gasteiger partial charge is 0.294 e. The molecule has 0 saturated carbocycles. The van der Waals surface area contributed by atoms with Crippen molar-refractivity contribution in [1.29, 1.82) is 0 Å². The van der Waals surface area contributed by atoms with Crippen LogP contribution in [0.1, 0.15) is 21.5 Å². The number of aryl methyl sites for hydroxylation is 1. The van der Waals surface area contributed by atoms with Crippen LogP contribution >= 0.6 is 0 Å². The van der Waals surface area contributed by atoms with Crippen molar-refractivity contribution in [3.63, 3.8) is 0 Å². The molecule has 0 aliphatic carbocycles. The summed E-state index contributed by atoms with van der Waals surface area (Å²) in [6, 6.07) is 13.8. The van der Waals surface area contributed by atoms with Gasteiger partial charge in [-0.05, 0) is 18.6 Å². The third-order valence-electron chi connectivity index (χ3n) is 2.92. The molecule has 0 N–H and O–H groups in total. The summed E-state index contributed by atoms with van der Waals surface area (Å²) < 4.78 is 0. The molecule has 0 amide bonds. The van der Waals surface area contributed by atoms with E-state index in [2.05, 4.69) is 0 Å². The van der Waals surface area contributed by atoms with Crippen molar-refractivity contribution in [2.24, 2.45) is 0 Å². The molecule has 4 nitrogen and oxygen atoms in total. The number of nitro benzene ring substituents is 1. The molecular weight excluding hydrogens is 242 g/mol. The van der Waals surface area contributed by atoms with Gasteiger partial charge in [-0.25, -0.2) is 0 Å². The molecular formula is C15H13NO3. The first kappa shape index (κ1) is 13.0. The van der Waals surface area contributed by atoms with Gasteiger partial charge < -0.3 is 0 Å². The maximum absolute atomic E-state index is 12.0. The summed E-state index contributed by atoms with van der Waals surface area (Å²) >= 11 is 0. The second-order valence-electron chi connectivity index (χ2n) is 4.34. The Morgan fingerprint density at radius 1 is 1.16 bits per heavy atom. The van der Waals surface area contributed by atoms with Gasteiger partial charge in [0.2, 0.25) is 0 Å². The van der Waals surface area contributed by atoms with Crippen LogP contribution in [0, 0.1) is 17.0 Å². The van der Waals surface area contributed by atoms with Crippen LogP contribution in [-0.4, -0.2) is 10.7 Å². The Kier molecular flexibility index (Phi) is 3.71. The number of hydrogen-bond donors (Lipinski definition) is 0. The number of rotatable bonds is 4. The highest BCUT2D eigenvalue weighted by Gasteiger charge is 2.12. The highest BCUT2D eigenvalue weighted by Crippen LogP contribution is 2.19. The van der Waals surface area contributed by atoms with Crippen LogP contribution in [0.4, 0.5) is 5.69 Å². The normalized spacial score (nSPS) is 10.2. The topological polar surface area (TPSA) is 60.2 Å². The standard InChI is InChI=1S/C15H13NO3/c1-11-9-12(7-8-14(11)16(18)19)10-15(17)13-5-3-2-4-6-13/h2-9H,10H2,1H3. The van der Waals surface area contributed by atoms with E-state index in [1.54, 1.807) is 31.2 Å². The Bertz CT molecular complexity index is 621. The van der Waals surface area contributed by atoms with Crippen molar-refractivity contribution >= 4 is 11.5 Å². The Morgan fingerprint density at radius 3 is 2.42 bits per heavy atom. The minimum absolute atomic E-state index is 0.00820. The van der Waals surface area contributed by atoms with Gasteiger partial charge in [-0.1, -0.05) is 36.4 Å². The van der Waals surface area contributed by atoms with Gasteiger partial charge in [0.15, 0.2) is 5.78 Å². The van der Waals surface area contributed by atoms with Gasteiger partial charge in [0, 0.05) is 23.6 Å². The lowest BCUT2D eigenvalue weighted by Crippen LogP contribution is -2.04. The van der Waals surface area contributed by atoms with E-state index in [0.717, 1.165) is 5.56 Å². The van der Waals surface area contributed by atoms with Crippen LogP contribution in [-0.2, 0) is 6.42 Å². The van der Waals surface area contributed by atoms with Gasteiger partial charge in [0.1, 0.15) is 0 Å². The number of carbonyl (C=O) groups is 1. The minimum Gasteiger partial charge on any atom is -0.294 e. The van der Waals surface area contributed by atoms with E-state index in [9.17, 15) is 14.9 Å². The fourth-order valence-electron chi connectivity index (χ4n) is 1.94. The maximum Gasteiger partial charge on any atom is 0.272 e. The van der Waals surface area contributed by atoms with Crippen molar-refractivity contribution < 1.29 is 9.72 Å². The monoisotopic (exact) mass is 255 g/mol. The highest BCUT2D eigenvalue weighted by atomic mass is 16.6. The number of nitrogens with zero attached hydrogens (tertiary/aromatic N) is 1. The summed E-state index contributed by atoms with van der Waals surface area (Å²) in [6.45, 7) is 1.68. The summed E-state index contributed by atoms with van der Waals surface area (Å²) in [7, 11) is 0. The molecule has 0 aliphatic heterocycles. The van der Waals surface area contributed by atoms with Gasteiger partial charge in [-0.15, -0.1) is 0 Å². The Labute approximate surface area is 110 Å². The van der Waals surface area contributed by atoms with Crippen LogP contribution in [0.2, 0.25) is 0 Å². The molecule has 96 valence electrons. The van der Waals surface area contributed by atoms with E-state index in [-0.39, 0.29) is 17.9 Å². The molecule has 0 spiro atoms. The molecule has 19 heavy (non-hydrogen) atoms. The lowest BCUT2D eigenvalue weighted by atomic mass is 10.0. The average Bonchev–Trinajstić information content (AvgIpc) is 2.39. The Balaban J connectivity index is 2.19. The molecule has 2 aromatic carbocycles. The fourth-order valence-corrected chi connectivity index (χ4v) is 1.94. The van der Waals surface area contributed by atoms with Crippen LogP contribution in [0.3, 0.4) is 0 Å². The molecule has 0 radical (unpaired) electrons. The van der Waals surface area contributed by atoms with Crippen LogP contribution < -0.4 is 0 Å². The minimum atomic E-state index is -0.419. The van der Waals surface area contributed by atoms with E-state index in [1.807, 2.05) is 18.2 Å². The van der Waals surface area contributed by atoms with Gasteiger partial charge in [0.05, 0.1) is 4.92 Å². The first-order chi connectivity index (χ1) is 9.08. The van der Waals surface area contributed by atoms with E-state index in [0.29, 0.717) is 11.1 Å². The third-order valence-corrected chi connectivity index (χ3v) is 2.92. The third kappa shape index (κ3) is 3.04. The molecule has 0 saturated heterocycles. The van der Waals surface area contributed by atoms with E-state index >= 15 is 0 Å². The number of hydrogen-bond acceptors (Lipinski definition) is 3. The summed E-state index contributed by atoms with van der Waals surface area (Å²) in [4.78, 5) is 22.3. The SMILES string of the molecule is Cc1cc(CC(=O)c2ccccc2)ccc1[N+](=O)[O-]. The number of nitro groups is 1. The first-order valence-corrected chi connectivity index (χ1v) is 5.90. The quantitative estimate of drug-likeness (QED) is 0.478. The Hall–Kier alpha value is -2.49. The van der Waals surface area contributed by atoms with Crippen molar-refractivity contribution in [3.8, 4) is 0 Å². The number of carbonyl (C=O) groups excluding carboxylic acids is 1. The lowest BCUT2D eigenvalue weighted by molar-refractivity contribution is -0.385. The van der Waals surface area contributed by atoms with Crippen molar-refractivity contribution in [1.82, 2.24) is 0 Å². The van der Waals surface area contributed by atoms with Crippen LogP contribution in [0.5, 0.6) is 0 Å². The zero-order valence-electron chi connectivity index (χ0n) is 10.5. The number of Topliss-reactive ketones (excluding diaryl/α,β-unsaturated/α-hetero) is 1. The molecule has 0 atom stereocenters. The van der Waals surface area contributed by atoms with E-state index in [1.165, 1.54) is 6.07 Å². The molecule has 2 aromatic rings. The first-order valence-electron chi connectivity index (χ1n) is 5.90. The van der Waals surface area contributed by atoms with Crippen LogP contribution in [0.25, 0.3) is 0 Å². The summed E-state index contributed by atoms with van der Waals surface area (Å²) in [5.41, 5.74) is 2.09. The number of ketones is 1.